The van der Waals surface area contributed by atoms with Crippen molar-refractivity contribution in [2.24, 2.45) is 0 Å². The molecular formula is C25H28N4O2S. The summed E-state index contributed by atoms with van der Waals surface area (Å²) in [6.45, 7) is 5.92. The van der Waals surface area contributed by atoms with Gasteiger partial charge in [0.05, 0.1) is 5.69 Å². The Morgan fingerprint density at radius 1 is 1.06 bits per heavy atom. The van der Waals surface area contributed by atoms with Gasteiger partial charge >= 0.3 is 0 Å². The van der Waals surface area contributed by atoms with Crippen molar-refractivity contribution in [3.63, 3.8) is 0 Å². The Morgan fingerprint density at radius 2 is 1.75 bits per heavy atom. The monoisotopic (exact) mass is 448 g/mol. The zero-order chi connectivity index (χ0) is 22.7. The molecule has 166 valence electrons. The van der Waals surface area contributed by atoms with Gasteiger partial charge in [-0.05, 0) is 61.8 Å². The molecule has 1 aliphatic rings. The number of hydrogen-bond donors (Lipinski definition) is 1. The standard InChI is InChI=1S/C25H28N4O2S/c1-16-8-6-11-19(14-16)23(24(30)26-20-12-4-5-13-20)29(25(31)21-15-32-28-27-21)22-17(2)9-7-10-18(22)3/h6-11,14-15,20,23H,4-5,12-13H2,1-3H3,(H,26,30)/t23-/m0/s1. The molecule has 0 spiro atoms. The third-order valence-corrected chi connectivity index (χ3v) is 6.55. The van der Waals surface area contributed by atoms with Crippen molar-refractivity contribution in [1.82, 2.24) is 14.9 Å². The summed E-state index contributed by atoms with van der Waals surface area (Å²) >= 11 is 1.12. The molecule has 0 unspecified atom stereocenters. The molecule has 2 amide bonds. The average Bonchev–Trinajstić information content (AvgIpc) is 3.47. The molecule has 7 heteroatoms. The van der Waals surface area contributed by atoms with E-state index in [0.717, 1.165) is 65.2 Å². The van der Waals surface area contributed by atoms with Gasteiger partial charge in [-0.25, -0.2) is 0 Å². The number of rotatable bonds is 6. The van der Waals surface area contributed by atoms with Crippen molar-refractivity contribution in [3.05, 3.63) is 75.8 Å². The van der Waals surface area contributed by atoms with Crippen LogP contribution in [0.1, 0.15) is 64.5 Å². The van der Waals surface area contributed by atoms with Crippen molar-refractivity contribution in [2.75, 3.05) is 4.90 Å². The molecule has 2 aromatic carbocycles. The Labute approximate surface area is 192 Å². The molecule has 3 aromatic rings. The number of para-hydroxylation sites is 1. The van der Waals surface area contributed by atoms with E-state index in [-0.39, 0.29) is 23.6 Å². The van der Waals surface area contributed by atoms with E-state index in [2.05, 4.69) is 14.9 Å². The fourth-order valence-corrected chi connectivity index (χ4v) is 4.95. The molecule has 1 aliphatic carbocycles. The van der Waals surface area contributed by atoms with Crippen LogP contribution < -0.4 is 10.2 Å². The Kier molecular flexibility index (Phi) is 6.65. The van der Waals surface area contributed by atoms with Crippen LogP contribution in [0.2, 0.25) is 0 Å². The second-order valence-corrected chi connectivity index (χ2v) is 9.12. The SMILES string of the molecule is Cc1cccc([C@@H](C(=O)NC2CCCC2)N(C(=O)c2csnn2)c2c(C)cccc2C)c1. The Bertz CT molecular complexity index is 1090. The van der Waals surface area contributed by atoms with Crippen LogP contribution in [0.25, 0.3) is 0 Å². The summed E-state index contributed by atoms with van der Waals surface area (Å²) in [5.41, 5.74) is 4.63. The second-order valence-electron chi connectivity index (χ2n) is 8.51. The molecule has 1 N–H and O–H groups in total. The summed E-state index contributed by atoms with van der Waals surface area (Å²) in [5.74, 6) is -0.495. The molecule has 1 saturated carbocycles. The highest BCUT2D eigenvalue weighted by atomic mass is 32.1. The van der Waals surface area contributed by atoms with E-state index >= 15 is 0 Å². The van der Waals surface area contributed by atoms with Gasteiger partial charge in [-0.3, -0.25) is 14.5 Å². The summed E-state index contributed by atoms with van der Waals surface area (Å²) in [6.07, 6.45) is 4.17. The number of hydrogen-bond acceptors (Lipinski definition) is 5. The maximum atomic E-state index is 13.8. The van der Waals surface area contributed by atoms with E-state index in [1.807, 2.05) is 63.2 Å². The summed E-state index contributed by atoms with van der Waals surface area (Å²) in [7, 11) is 0. The Morgan fingerprint density at radius 3 is 2.38 bits per heavy atom. The van der Waals surface area contributed by atoms with Gasteiger partial charge in [0, 0.05) is 11.4 Å². The summed E-state index contributed by atoms with van der Waals surface area (Å²) in [6, 6.07) is 13.0. The summed E-state index contributed by atoms with van der Waals surface area (Å²) in [4.78, 5) is 29.2. The fourth-order valence-electron chi connectivity index (χ4n) is 4.52. The summed E-state index contributed by atoms with van der Waals surface area (Å²) in [5, 5.41) is 8.87. The zero-order valence-electron chi connectivity index (χ0n) is 18.7. The van der Waals surface area contributed by atoms with Gasteiger partial charge in [-0.2, -0.15) is 0 Å². The quantitative estimate of drug-likeness (QED) is 0.581. The first-order valence-electron chi connectivity index (χ1n) is 11.0. The molecule has 1 heterocycles. The van der Waals surface area contributed by atoms with Crippen LogP contribution in [0.5, 0.6) is 0 Å². The van der Waals surface area contributed by atoms with E-state index in [4.69, 9.17) is 0 Å². The fraction of sp³-hybridized carbons (Fsp3) is 0.360. The minimum absolute atomic E-state index is 0.144. The number of nitrogens with zero attached hydrogens (tertiary/aromatic N) is 3. The number of aryl methyl sites for hydroxylation is 3. The van der Waals surface area contributed by atoms with Crippen molar-refractivity contribution in [1.29, 1.82) is 0 Å². The van der Waals surface area contributed by atoms with Crippen LogP contribution in [-0.4, -0.2) is 27.4 Å². The normalized spacial score (nSPS) is 14.8. The predicted molar refractivity (Wildman–Crippen MR) is 127 cm³/mol. The molecule has 1 aromatic heterocycles. The van der Waals surface area contributed by atoms with Crippen molar-refractivity contribution >= 4 is 29.0 Å². The van der Waals surface area contributed by atoms with Crippen molar-refractivity contribution in [3.8, 4) is 0 Å². The van der Waals surface area contributed by atoms with Crippen LogP contribution in [0.15, 0.2) is 47.8 Å². The number of carbonyl (C=O) groups excluding carboxylic acids is 2. The van der Waals surface area contributed by atoms with Crippen LogP contribution >= 0.6 is 11.5 Å². The van der Waals surface area contributed by atoms with Gasteiger partial charge in [-0.15, -0.1) is 5.10 Å². The van der Waals surface area contributed by atoms with Crippen molar-refractivity contribution < 1.29 is 9.59 Å². The molecule has 6 nitrogen and oxygen atoms in total. The third-order valence-electron chi connectivity index (χ3n) is 6.04. The minimum Gasteiger partial charge on any atom is -0.351 e. The second kappa shape index (κ2) is 9.61. The average molecular weight is 449 g/mol. The van der Waals surface area contributed by atoms with Crippen LogP contribution in [0.4, 0.5) is 5.69 Å². The number of nitrogens with one attached hydrogen (secondary N) is 1. The van der Waals surface area contributed by atoms with Crippen LogP contribution in [0.3, 0.4) is 0 Å². The van der Waals surface area contributed by atoms with Gasteiger partial charge in [0.15, 0.2) is 5.69 Å². The molecule has 0 radical (unpaired) electrons. The molecule has 0 bridgehead atoms. The highest BCUT2D eigenvalue weighted by molar-refractivity contribution is 7.03. The van der Waals surface area contributed by atoms with E-state index < -0.39 is 6.04 Å². The molecule has 1 fully saturated rings. The number of anilines is 1. The smallest absolute Gasteiger partial charge is 0.280 e. The van der Waals surface area contributed by atoms with Gasteiger partial charge in [0.25, 0.3) is 5.91 Å². The maximum absolute atomic E-state index is 13.8. The predicted octanol–water partition coefficient (Wildman–Crippen LogP) is 4.91. The Balaban J connectivity index is 1.87. The third kappa shape index (κ3) is 4.58. The lowest BCUT2D eigenvalue weighted by Gasteiger charge is -2.34. The highest BCUT2D eigenvalue weighted by Crippen LogP contribution is 2.35. The van der Waals surface area contributed by atoms with Gasteiger partial charge in [0.1, 0.15) is 6.04 Å². The first-order valence-corrected chi connectivity index (χ1v) is 11.8. The molecule has 32 heavy (non-hydrogen) atoms. The Hall–Kier alpha value is -3.06. The maximum Gasteiger partial charge on any atom is 0.280 e. The number of aromatic nitrogens is 2. The highest BCUT2D eigenvalue weighted by Gasteiger charge is 2.37. The largest absolute Gasteiger partial charge is 0.351 e. The lowest BCUT2D eigenvalue weighted by atomic mass is 9.98. The zero-order valence-corrected chi connectivity index (χ0v) is 19.5. The van der Waals surface area contributed by atoms with Gasteiger partial charge < -0.3 is 5.32 Å². The van der Waals surface area contributed by atoms with E-state index in [9.17, 15) is 9.59 Å². The topological polar surface area (TPSA) is 75.2 Å². The number of amides is 2. The van der Waals surface area contributed by atoms with Crippen LogP contribution in [0, 0.1) is 20.8 Å². The number of benzene rings is 2. The molecular weight excluding hydrogens is 420 g/mol. The van der Waals surface area contributed by atoms with Gasteiger partial charge in [0.2, 0.25) is 5.91 Å². The lowest BCUT2D eigenvalue weighted by Crippen LogP contribution is -2.47. The van der Waals surface area contributed by atoms with E-state index in [0.29, 0.717) is 0 Å². The minimum atomic E-state index is -0.815. The molecule has 0 aliphatic heterocycles. The van der Waals surface area contributed by atoms with Gasteiger partial charge in [-0.1, -0.05) is 65.4 Å². The van der Waals surface area contributed by atoms with E-state index in [1.165, 1.54) is 0 Å². The lowest BCUT2D eigenvalue weighted by molar-refractivity contribution is -0.123. The molecule has 1 atom stereocenters. The molecule has 0 saturated heterocycles. The first kappa shape index (κ1) is 22.1. The van der Waals surface area contributed by atoms with Crippen molar-refractivity contribution in [2.45, 2.75) is 58.5 Å². The molecule has 4 rings (SSSR count). The summed E-state index contributed by atoms with van der Waals surface area (Å²) < 4.78 is 3.88. The van der Waals surface area contributed by atoms with Crippen LogP contribution in [-0.2, 0) is 4.79 Å². The number of carbonyl (C=O) groups is 2. The first-order chi connectivity index (χ1) is 15.5. The van der Waals surface area contributed by atoms with E-state index in [1.54, 1.807) is 10.3 Å².